The number of aromatic nitrogens is 1. The summed E-state index contributed by atoms with van der Waals surface area (Å²) < 4.78 is 11.4. The lowest BCUT2D eigenvalue weighted by molar-refractivity contribution is -0.384. The van der Waals surface area contributed by atoms with Crippen LogP contribution < -0.4 is 14.8 Å². The van der Waals surface area contributed by atoms with Crippen LogP contribution >= 0.6 is 11.3 Å². The van der Waals surface area contributed by atoms with Crippen molar-refractivity contribution in [3.05, 3.63) is 71.8 Å². The molecular formula is C21H16N4O6S. The first-order chi connectivity index (χ1) is 15.5. The van der Waals surface area contributed by atoms with Crippen LogP contribution in [0.4, 0.5) is 5.69 Å². The minimum atomic E-state index is -0.492. The van der Waals surface area contributed by atoms with E-state index >= 15 is 0 Å². The van der Waals surface area contributed by atoms with E-state index in [1.807, 2.05) is 6.07 Å². The molecule has 0 spiro atoms. The third kappa shape index (κ3) is 4.36. The molecule has 3 aromatic rings. The number of morpholine rings is 1. The number of nitriles is 1. The normalized spacial score (nSPS) is 15.3. The summed E-state index contributed by atoms with van der Waals surface area (Å²) >= 11 is 0.980. The first-order valence-corrected chi connectivity index (χ1v) is 10.3. The zero-order chi connectivity index (χ0) is 22.7. The van der Waals surface area contributed by atoms with Gasteiger partial charge in [0.05, 0.1) is 22.7 Å². The molecule has 3 heterocycles. The lowest BCUT2D eigenvalue weighted by Crippen LogP contribution is -2.42. The monoisotopic (exact) mass is 452 g/mol. The van der Waals surface area contributed by atoms with Crippen LogP contribution in [0.25, 0.3) is 23.0 Å². The van der Waals surface area contributed by atoms with E-state index in [9.17, 15) is 25.0 Å². The Balaban J connectivity index is 1.68. The quantitative estimate of drug-likeness (QED) is 0.459. The fraction of sp³-hybridized carbons (Fsp3) is 0.190. The van der Waals surface area contributed by atoms with Crippen molar-refractivity contribution >= 4 is 34.6 Å². The predicted octanol–water partition coefficient (Wildman–Crippen LogP) is 0.966. The van der Waals surface area contributed by atoms with E-state index < -0.39 is 16.4 Å². The van der Waals surface area contributed by atoms with Crippen molar-refractivity contribution in [2.75, 3.05) is 26.3 Å². The van der Waals surface area contributed by atoms with Gasteiger partial charge >= 0.3 is 0 Å². The molecule has 2 aromatic heterocycles. The van der Waals surface area contributed by atoms with Crippen molar-refractivity contribution in [1.82, 2.24) is 9.88 Å². The highest BCUT2D eigenvalue weighted by Gasteiger charge is 2.22. The number of nitro benzene ring substituents is 1. The predicted molar refractivity (Wildman–Crippen MR) is 115 cm³/mol. The van der Waals surface area contributed by atoms with E-state index in [2.05, 4.69) is 4.98 Å². The van der Waals surface area contributed by atoms with Gasteiger partial charge in [-0.05, 0) is 12.1 Å². The van der Waals surface area contributed by atoms with E-state index in [0.29, 0.717) is 43.4 Å². The van der Waals surface area contributed by atoms with Gasteiger partial charge in [-0.15, -0.1) is 11.3 Å². The van der Waals surface area contributed by atoms with Crippen molar-refractivity contribution in [2.45, 2.75) is 0 Å². The van der Waals surface area contributed by atoms with Gasteiger partial charge in [-0.25, -0.2) is 0 Å². The molecule has 1 aromatic carbocycles. The molecule has 11 heteroatoms. The number of hydrogen-bond acceptors (Lipinski definition) is 8. The number of aromatic amines is 1. The van der Waals surface area contributed by atoms with Crippen molar-refractivity contribution in [2.24, 2.45) is 0 Å². The summed E-state index contributed by atoms with van der Waals surface area (Å²) in [7, 11) is 0. The maximum Gasteiger partial charge on any atom is 0.270 e. The summed E-state index contributed by atoms with van der Waals surface area (Å²) in [4.78, 5) is 39.6. The molecule has 10 nitrogen and oxygen atoms in total. The number of thiazole rings is 1. The van der Waals surface area contributed by atoms with Crippen LogP contribution in [0.15, 0.2) is 45.6 Å². The minimum Gasteiger partial charge on any atom is -0.457 e. The Morgan fingerprint density at radius 1 is 1.28 bits per heavy atom. The van der Waals surface area contributed by atoms with Gasteiger partial charge in [0.25, 0.3) is 17.2 Å². The largest absolute Gasteiger partial charge is 0.457 e. The molecule has 0 radical (unpaired) electrons. The maximum atomic E-state index is 12.7. The molecule has 0 aliphatic carbocycles. The van der Waals surface area contributed by atoms with Crippen LogP contribution in [-0.2, 0) is 9.53 Å². The first-order valence-electron chi connectivity index (χ1n) is 9.53. The summed E-state index contributed by atoms with van der Waals surface area (Å²) in [5.74, 6) is 0.300. The van der Waals surface area contributed by atoms with Crippen LogP contribution in [0.5, 0.6) is 0 Å². The highest BCUT2D eigenvalue weighted by molar-refractivity contribution is 7.07. The van der Waals surface area contributed by atoms with Crippen molar-refractivity contribution < 1.29 is 18.9 Å². The molecule has 1 N–H and O–H groups in total. The summed E-state index contributed by atoms with van der Waals surface area (Å²) in [5, 5.41) is 20.5. The number of non-ortho nitro benzene ring substituents is 1. The Morgan fingerprint density at radius 3 is 2.78 bits per heavy atom. The van der Waals surface area contributed by atoms with E-state index in [-0.39, 0.29) is 20.5 Å². The molecule has 1 saturated heterocycles. The number of H-pyrrole nitrogens is 1. The number of nitrogens with zero attached hydrogens (tertiary/aromatic N) is 3. The van der Waals surface area contributed by atoms with Crippen LogP contribution in [0.1, 0.15) is 5.76 Å². The summed E-state index contributed by atoms with van der Waals surface area (Å²) in [6.45, 7) is 1.56. The SMILES string of the molecule is N#C/C(C(=O)N1CCOCC1)=c1\[nH]c(=O)/c(=C\c2ccc(-c3cccc([N+](=O)[O-])c3)o2)s1. The van der Waals surface area contributed by atoms with Gasteiger partial charge in [0.15, 0.2) is 5.57 Å². The summed E-state index contributed by atoms with van der Waals surface area (Å²) in [5.41, 5.74) is -0.129. The molecule has 0 bridgehead atoms. The van der Waals surface area contributed by atoms with Crippen molar-refractivity contribution in [3.63, 3.8) is 0 Å². The Labute approximate surface area is 184 Å². The van der Waals surface area contributed by atoms with Gasteiger partial charge in [-0.3, -0.25) is 19.7 Å². The van der Waals surface area contributed by atoms with Crippen LogP contribution in [-0.4, -0.2) is 47.0 Å². The number of nitro groups is 1. The molecule has 0 unspecified atom stereocenters. The number of benzene rings is 1. The maximum absolute atomic E-state index is 12.7. The number of nitrogens with one attached hydrogen (secondary N) is 1. The number of carbonyl (C=O) groups excluding carboxylic acids is 1. The van der Waals surface area contributed by atoms with Gasteiger partial charge in [-0.1, -0.05) is 12.1 Å². The third-order valence-electron chi connectivity index (χ3n) is 4.76. The molecule has 0 saturated carbocycles. The highest BCUT2D eigenvalue weighted by atomic mass is 32.1. The number of carbonyl (C=O) groups is 1. The lowest BCUT2D eigenvalue weighted by Gasteiger charge is -2.26. The Kier molecular flexibility index (Phi) is 5.98. The van der Waals surface area contributed by atoms with Gasteiger partial charge in [0.1, 0.15) is 22.3 Å². The second kappa shape index (κ2) is 9.01. The summed E-state index contributed by atoms with van der Waals surface area (Å²) in [6, 6.07) is 11.2. The van der Waals surface area contributed by atoms with Crippen LogP contribution in [0, 0.1) is 21.4 Å². The van der Waals surface area contributed by atoms with E-state index in [0.717, 1.165) is 11.3 Å². The number of hydrogen-bond donors (Lipinski definition) is 1. The molecule has 1 aliphatic heterocycles. The van der Waals surface area contributed by atoms with Gasteiger partial charge in [0.2, 0.25) is 0 Å². The summed E-state index contributed by atoms with van der Waals surface area (Å²) in [6.07, 6.45) is 1.49. The molecule has 1 amide bonds. The Morgan fingerprint density at radius 2 is 2.06 bits per heavy atom. The molecule has 0 atom stereocenters. The highest BCUT2D eigenvalue weighted by Crippen LogP contribution is 2.25. The zero-order valence-corrected chi connectivity index (χ0v) is 17.4. The minimum absolute atomic E-state index is 0.0618. The second-order valence-corrected chi connectivity index (χ2v) is 7.85. The van der Waals surface area contributed by atoms with Crippen LogP contribution in [0.2, 0.25) is 0 Å². The Bertz CT molecular complexity index is 1400. The lowest BCUT2D eigenvalue weighted by atomic mass is 10.1. The van der Waals surface area contributed by atoms with Gasteiger partial charge in [0, 0.05) is 36.9 Å². The molecule has 32 heavy (non-hydrogen) atoms. The Hall–Kier alpha value is -4.01. The van der Waals surface area contributed by atoms with E-state index in [4.69, 9.17) is 9.15 Å². The number of rotatable bonds is 4. The standard InChI is InChI=1S/C21H16N4O6S/c22-12-16(21(27)24-6-8-30-9-7-24)20-23-19(26)18(32-20)11-15-4-5-17(31-15)13-2-1-3-14(10-13)25(28)29/h1-5,10-11H,6-9H2,(H,23,26)/b18-11+,20-16-. The number of amides is 1. The van der Waals surface area contributed by atoms with Crippen molar-refractivity contribution in [3.8, 4) is 17.4 Å². The molecule has 4 rings (SSSR count). The van der Waals surface area contributed by atoms with E-state index in [1.54, 1.807) is 24.3 Å². The smallest absolute Gasteiger partial charge is 0.270 e. The van der Waals surface area contributed by atoms with E-state index in [1.165, 1.54) is 23.1 Å². The van der Waals surface area contributed by atoms with Crippen molar-refractivity contribution in [1.29, 1.82) is 5.26 Å². The molecule has 1 fully saturated rings. The second-order valence-electron chi connectivity index (χ2n) is 6.79. The zero-order valence-electron chi connectivity index (χ0n) is 16.6. The average molecular weight is 452 g/mol. The van der Waals surface area contributed by atoms with Crippen LogP contribution in [0.3, 0.4) is 0 Å². The molecular weight excluding hydrogens is 436 g/mol. The fourth-order valence-electron chi connectivity index (χ4n) is 3.16. The van der Waals surface area contributed by atoms with Gasteiger partial charge in [-0.2, -0.15) is 5.26 Å². The molecule has 162 valence electrons. The average Bonchev–Trinajstić information content (AvgIpc) is 3.42. The fourth-order valence-corrected chi connectivity index (χ4v) is 4.08. The molecule has 1 aliphatic rings. The third-order valence-corrected chi connectivity index (χ3v) is 5.79. The first kappa shape index (κ1) is 21.2. The topological polar surface area (TPSA) is 142 Å². The number of ether oxygens (including phenoxy) is 1. The van der Waals surface area contributed by atoms with Gasteiger partial charge < -0.3 is 19.0 Å². The number of furan rings is 1.